The van der Waals surface area contributed by atoms with Gasteiger partial charge in [0.1, 0.15) is 18.1 Å². The van der Waals surface area contributed by atoms with Crippen molar-refractivity contribution in [2.75, 3.05) is 13.7 Å². The van der Waals surface area contributed by atoms with Gasteiger partial charge in [0.2, 0.25) is 0 Å². The van der Waals surface area contributed by atoms with Crippen molar-refractivity contribution in [1.82, 2.24) is 5.32 Å². The highest BCUT2D eigenvalue weighted by atomic mass is 35.5. The van der Waals surface area contributed by atoms with Gasteiger partial charge < -0.3 is 14.8 Å². The molecule has 5 heteroatoms. The molecule has 19 heavy (non-hydrogen) atoms. The Kier molecular flexibility index (Phi) is 7.06. The number of hydrogen-bond acceptors (Lipinski definition) is 3. The van der Waals surface area contributed by atoms with Crippen LogP contribution in [0.2, 0.25) is 0 Å². The maximum Gasteiger partial charge on any atom is 0.125 e. The number of halogens is 2. The predicted molar refractivity (Wildman–Crippen MR) is 80.3 cm³/mol. The molecule has 106 valence electrons. The molecule has 0 spiro atoms. The lowest BCUT2D eigenvalue weighted by atomic mass is 10.1. The van der Waals surface area contributed by atoms with E-state index in [0.29, 0.717) is 17.6 Å². The molecule has 0 aromatic heterocycles. The molecule has 0 aliphatic heterocycles. The number of rotatable bonds is 7. The van der Waals surface area contributed by atoms with Crippen LogP contribution in [0, 0.1) is 0 Å². The van der Waals surface area contributed by atoms with E-state index in [1.807, 2.05) is 18.2 Å². The largest absolute Gasteiger partial charge is 0.497 e. The number of hydrogen-bond donors (Lipinski definition) is 1. The highest BCUT2D eigenvalue weighted by Gasteiger charge is 2.07. The van der Waals surface area contributed by atoms with E-state index in [1.165, 1.54) is 5.54 Å². The topological polar surface area (TPSA) is 30.5 Å². The van der Waals surface area contributed by atoms with Gasteiger partial charge in [0.15, 0.2) is 0 Å². The summed E-state index contributed by atoms with van der Waals surface area (Å²) in [6, 6.07) is 6.06. The highest BCUT2D eigenvalue weighted by Crippen LogP contribution is 2.25. The third-order valence-electron chi connectivity index (χ3n) is 2.45. The number of methoxy groups -OCH3 is 1. The second-order valence-electron chi connectivity index (χ2n) is 4.35. The van der Waals surface area contributed by atoms with Crippen LogP contribution in [0.3, 0.4) is 0 Å². The van der Waals surface area contributed by atoms with Crippen LogP contribution in [0.15, 0.2) is 28.8 Å². The summed E-state index contributed by atoms with van der Waals surface area (Å²) in [5.74, 6) is 1.57. The first-order valence-corrected chi connectivity index (χ1v) is 6.86. The van der Waals surface area contributed by atoms with Gasteiger partial charge in [0.05, 0.1) is 12.1 Å². The van der Waals surface area contributed by atoms with Crippen molar-refractivity contribution in [3.05, 3.63) is 34.3 Å². The van der Waals surface area contributed by atoms with Crippen molar-refractivity contribution in [3.63, 3.8) is 0 Å². The van der Waals surface area contributed by atoms with Crippen molar-refractivity contribution < 1.29 is 9.47 Å². The van der Waals surface area contributed by atoms with Crippen molar-refractivity contribution in [1.29, 1.82) is 0 Å². The van der Waals surface area contributed by atoms with Gasteiger partial charge in [-0.05, 0) is 18.2 Å². The summed E-state index contributed by atoms with van der Waals surface area (Å²) in [7, 11) is 1.64. The molecule has 1 N–H and O–H groups in total. The Balaban J connectivity index is 2.82. The standard InChI is InChI=1S/C14H19Cl2NO2/c1-10(2)17-8-11-6-13(18-3)4-5-14(11)19-9-12(16)7-15/h4-7,10,17H,8-9H2,1-3H3. The van der Waals surface area contributed by atoms with Gasteiger partial charge in [-0.1, -0.05) is 37.0 Å². The van der Waals surface area contributed by atoms with Crippen LogP contribution in [-0.2, 0) is 6.54 Å². The molecule has 1 rings (SSSR count). The van der Waals surface area contributed by atoms with Gasteiger partial charge >= 0.3 is 0 Å². The minimum Gasteiger partial charge on any atom is -0.497 e. The molecule has 0 saturated heterocycles. The van der Waals surface area contributed by atoms with Crippen LogP contribution in [0.5, 0.6) is 11.5 Å². The molecule has 0 aliphatic carbocycles. The van der Waals surface area contributed by atoms with Crippen molar-refractivity contribution in [3.8, 4) is 11.5 Å². The summed E-state index contributed by atoms with van der Waals surface area (Å²) in [6.45, 7) is 5.14. The average molecular weight is 304 g/mol. The van der Waals surface area contributed by atoms with E-state index >= 15 is 0 Å². The van der Waals surface area contributed by atoms with Gasteiger partial charge in [0.25, 0.3) is 0 Å². The Morgan fingerprint density at radius 1 is 1.42 bits per heavy atom. The lowest BCUT2D eigenvalue weighted by Crippen LogP contribution is -2.22. The Bertz CT molecular complexity index is 433. The van der Waals surface area contributed by atoms with E-state index in [2.05, 4.69) is 19.2 Å². The lowest BCUT2D eigenvalue weighted by Gasteiger charge is -2.14. The lowest BCUT2D eigenvalue weighted by molar-refractivity contribution is 0.351. The van der Waals surface area contributed by atoms with Crippen LogP contribution in [0.25, 0.3) is 0 Å². The third-order valence-corrected chi connectivity index (χ3v) is 3.05. The van der Waals surface area contributed by atoms with E-state index in [4.69, 9.17) is 32.7 Å². The summed E-state index contributed by atoms with van der Waals surface area (Å²) < 4.78 is 10.9. The summed E-state index contributed by atoms with van der Waals surface area (Å²) in [5.41, 5.74) is 2.32. The SMILES string of the molecule is COc1ccc(OCC(Cl)=CCl)c(CNC(C)C)c1. The first kappa shape index (κ1) is 16.2. The van der Waals surface area contributed by atoms with Crippen molar-refractivity contribution in [2.45, 2.75) is 26.4 Å². The van der Waals surface area contributed by atoms with Crippen LogP contribution in [0.1, 0.15) is 19.4 Å². The van der Waals surface area contributed by atoms with Crippen LogP contribution in [-0.4, -0.2) is 19.8 Å². The average Bonchev–Trinajstić information content (AvgIpc) is 2.42. The highest BCUT2D eigenvalue weighted by molar-refractivity contribution is 6.36. The molecule has 0 bridgehead atoms. The van der Waals surface area contributed by atoms with Gasteiger partial charge in [-0.2, -0.15) is 0 Å². The third kappa shape index (κ3) is 5.72. The maximum atomic E-state index is 5.82. The Morgan fingerprint density at radius 2 is 2.16 bits per heavy atom. The Labute approximate surface area is 124 Å². The second kappa shape index (κ2) is 8.31. The number of ether oxygens (including phenoxy) is 2. The van der Waals surface area contributed by atoms with Gasteiger partial charge in [-0.25, -0.2) is 0 Å². The van der Waals surface area contributed by atoms with Crippen molar-refractivity contribution >= 4 is 23.2 Å². The molecular weight excluding hydrogens is 285 g/mol. The van der Waals surface area contributed by atoms with Crippen LogP contribution >= 0.6 is 23.2 Å². The molecule has 1 aromatic carbocycles. The summed E-state index contributed by atoms with van der Waals surface area (Å²) in [4.78, 5) is 0. The normalized spacial score (nSPS) is 11.8. The predicted octanol–water partition coefficient (Wildman–Crippen LogP) is 3.89. The molecule has 0 radical (unpaired) electrons. The molecule has 3 nitrogen and oxygen atoms in total. The van der Waals surface area contributed by atoms with Crippen molar-refractivity contribution in [2.24, 2.45) is 0 Å². The zero-order valence-corrected chi connectivity index (χ0v) is 12.9. The molecule has 0 aliphatic rings. The van der Waals surface area contributed by atoms with Gasteiger partial charge in [-0.15, -0.1) is 0 Å². The van der Waals surface area contributed by atoms with E-state index in [-0.39, 0.29) is 6.61 Å². The van der Waals surface area contributed by atoms with E-state index in [9.17, 15) is 0 Å². The smallest absolute Gasteiger partial charge is 0.125 e. The van der Waals surface area contributed by atoms with E-state index in [0.717, 1.165) is 17.1 Å². The number of nitrogens with one attached hydrogen (secondary N) is 1. The van der Waals surface area contributed by atoms with Crippen LogP contribution < -0.4 is 14.8 Å². The number of benzene rings is 1. The Morgan fingerprint density at radius 3 is 2.74 bits per heavy atom. The van der Waals surface area contributed by atoms with Gasteiger partial charge in [0, 0.05) is 23.7 Å². The quantitative estimate of drug-likeness (QED) is 0.829. The van der Waals surface area contributed by atoms with Gasteiger partial charge in [-0.3, -0.25) is 0 Å². The van der Waals surface area contributed by atoms with E-state index in [1.54, 1.807) is 7.11 Å². The molecule has 0 heterocycles. The zero-order valence-electron chi connectivity index (χ0n) is 11.4. The summed E-state index contributed by atoms with van der Waals surface area (Å²) in [6.07, 6.45) is 0. The fourth-order valence-corrected chi connectivity index (χ4v) is 1.57. The molecule has 0 unspecified atom stereocenters. The summed E-state index contributed by atoms with van der Waals surface area (Å²) in [5, 5.41) is 3.80. The first-order chi connectivity index (χ1) is 9.06. The minimum absolute atomic E-state index is 0.256. The zero-order chi connectivity index (χ0) is 14.3. The molecule has 1 aromatic rings. The fourth-order valence-electron chi connectivity index (χ4n) is 1.45. The second-order valence-corrected chi connectivity index (χ2v) is 5.06. The molecule has 0 saturated carbocycles. The fraction of sp³-hybridized carbons (Fsp3) is 0.429. The monoisotopic (exact) mass is 303 g/mol. The molecule has 0 fully saturated rings. The molecule has 0 atom stereocenters. The van der Waals surface area contributed by atoms with E-state index < -0.39 is 0 Å². The Hall–Kier alpha value is -0.900. The molecule has 0 amide bonds. The van der Waals surface area contributed by atoms with Crippen LogP contribution in [0.4, 0.5) is 0 Å². The molecular formula is C14H19Cl2NO2. The maximum absolute atomic E-state index is 5.82. The summed E-state index contributed by atoms with van der Waals surface area (Å²) >= 11 is 11.3. The minimum atomic E-state index is 0.256. The first-order valence-electron chi connectivity index (χ1n) is 6.04.